The van der Waals surface area contributed by atoms with Gasteiger partial charge in [0.2, 0.25) is 0 Å². The second-order valence-corrected chi connectivity index (χ2v) is 9.06. The maximum absolute atomic E-state index is 12.2. The van der Waals surface area contributed by atoms with Crippen LogP contribution in [-0.4, -0.2) is 61.0 Å². The lowest BCUT2D eigenvalue weighted by Crippen LogP contribution is -2.38. The first-order valence-electron chi connectivity index (χ1n) is 12.6. The molecule has 0 aromatic heterocycles. The van der Waals surface area contributed by atoms with Crippen LogP contribution in [0.1, 0.15) is 72.3 Å². The van der Waals surface area contributed by atoms with Crippen molar-refractivity contribution in [2.45, 2.75) is 85.0 Å². The molecule has 0 spiro atoms. The van der Waals surface area contributed by atoms with Gasteiger partial charge in [-0.2, -0.15) is 0 Å². The molecule has 1 rings (SSSR count). The van der Waals surface area contributed by atoms with E-state index in [4.69, 9.17) is 34.2 Å². The Kier molecular flexibility index (Phi) is 14.0. The summed E-state index contributed by atoms with van der Waals surface area (Å²) in [6, 6.07) is 2.69. The fraction of sp³-hybridized carbons (Fsp3) is 0.615. The summed E-state index contributed by atoms with van der Waals surface area (Å²) in [6.07, 6.45) is -3.00. The molecule has 0 saturated heterocycles. The molecule has 1 aromatic carbocycles. The predicted octanol–water partition coefficient (Wildman–Crippen LogP) is 5.01. The number of aliphatic carboxylic acids is 1. The van der Waals surface area contributed by atoms with Crippen LogP contribution in [0.15, 0.2) is 18.2 Å². The van der Waals surface area contributed by atoms with Gasteiger partial charge in [0, 0.05) is 5.92 Å². The van der Waals surface area contributed by atoms with Gasteiger partial charge in [0.1, 0.15) is 18.2 Å². The van der Waals surface area contributed by atoms with Gasteiger partial charge >= 0.3 is 24.4 Å². The Hall–Kier alpha value is -3.54. The van der Waals surface area contributed by atoms with E-state index in [0.29, 0.717) is 18.4 Å². The average molecular weight is 542 g/mol. The molecule has 0 amide bonds. The number of ether oxygens (including phenoxy) is 6. The molecule has 214 valence electrons. The minimum absolute atomic E-state index is 0.00288. The highest BCUT2D eigenvalue weighted by Gasteiger charge is 2.31. The highest BCUT2D eigenvalue weighted by atomic mass is 16.7. The molecular formula is C26H39NO11. The first kappa shape index (κ1) is 32.5. The van der Waals surface area contributed by atoms with Gasteiger partial charge in [0.15, 0.2) is 11.5 Å². The predicted molar refractivity (Wildman–Crippen MR) is 135 cm³/mol. The first-order valence-corrected chi connectivity index (χ1v) is 12.6. The van der Waals surface area contributed by atoms with E-state index in [9.17, 15) is 24.3 Å². The summed E-state index contributed by atoms with van der Waals surface area (Å²) in [5.74, 6) is -2.48. The Morgan fingerprint density at radius 2 is 1.39 bits per heavy atom. The van der Waals surface area contributed by atoms with Crippen molar-refractivity contribution < 1.29 is 52.7 Å². The molecule has 3 unspecified atom stereocenters. The summed E-state index contributed by atoms with van der Waals surface area (Å²) >= 11 is 0. The van der Waals surface area contributed by atoms with E-state index in [-0.39, 0.29) is 43.2 Å². The summed E-state index contributed by atoms with van der Waals surface area (Å²) in [7, 11) is 0. The maximum Gasteiger partial charge on any atom is 0.513 e. The number of carbonyl (C=O) groups excluding carboxylic acids is 3. The molecule has 12 heteroatoms. The van der Waals surface area contributed by atoms with Crippen LogP contribution in [0, 0.1) is 5.92 Å². The molecule has 0 radical (unpaired) electrons. The second kappa shape index (κ2) is 16.3. The van der Waals surface area contributed by atoms with E-state index in [1.54, 1.807) is 20.8 Å². The molecule has 3 N–H and O–H groups in total. The molecule has 0 fully saturated rings. The second-order valence-electron chi connectivity index (χ2n) is 9.06. The van der Waals surface area contributed by atoms with Crippen LogP contribution in [0.2, 0.25) is 0 Å². The Labute approximate surface area is 222 Å². The molecular weight excluding hydrogens is 502 g/mol. The SMILES string of the molecule is CCCOC(=O)Oc1ccc(C(CC(C)OC(=O)OC(C)C(C)C)[C@H](N)C(=O)O)cc1OC(=O)OCCC. The standard InChI is InChI=1S/C26H39NO11/c1-7-11-33-24(30)37-20-10-9-18(14-21(20)38-25(31)34-12-8-2)19(22(27)23(28)29)13-16(5)35-26(32)36-17(6)15(3)4/h9-10,14-17,19,22H,7-8,11-13,27H2,1-6H3,(H,28,29)/t16?,17?,19?,22-/m0/s1. The highest BCUT2D eigenvalue weighted by molar-refractivity contribution is 5.75. The molecule has 1 aromatic rings. The summed E-state index contributed by atoms with van der Waals surface area (Å²) < 4.78 is 30.8. The average Bonchev–Trinajstić information content (AvgIpc) is 2.85. The fourth-order valence-corrected chi connectivity index (χ4v) is 3.08. The largest absolute Gasteiger partial charge is 0.513 e. The zero-order valence-electron chi connectivity index (χ0n) is 22.8. The Morgan fingerprint density at radius 1 is 0.842 bits per heavy atom. The normalized spacial score (nSPS) is 14.0. The van der Waals surface area contributed by atoms with E-state index in [2.05, 4.69) is 0 Å². The van der Waals surface area contributed by atoms with Crippen molar-refractivity contribution in [3.63, 3.8) is 0 Å². The summed E-state index contributed by atoms with van der Waals surface area (Å²) in [5.41, 5.74) is 6.30. The number of rotatable bonds is 14. The zero-order valence-corrected chi connectivity index (χ0v) is 22.8. The van der Waals surface area contributed by atoms with Crippen molar-refractivity contribution in [3.05, 3.63) is 23.8 Å². The molecule has 12 nitrogen and oxygen atoms in total. The number of nitrogens with two attached hydrogens (primary N) is 1. The van der Waals surface area contributed by atoms with Crippen molar-refractivity contribution in [3.8, 4) is 11.5 Å². The topological polar surface area (TPSA) is 170 Å². The first-order chi connectivity index (χ1) is 17.9. The van der Waals surface area contributed by atoms with Crippen molar-refractivity contribution in [2.75, 3.05) is 13.2 Å². The summed E-state index contributed by atoms with van der Waals surface area (Å²) in [4.78, 5) is 48.1. The number of carboxylic acids is 1. The quantitative estimate of drug-likeness (QED) is 0.184. The van der Waals surface area contributed by atoms with Crippen molar-refractivity contribution in [1.29, 1.82) is 0 Å². The number of hydrogen-bond acceptors (Lipinski definition) is 11. The minimum atomic E-state index is -1.41. The number of benzene rings is 1. The lowest BCUT2D eigenvalue weighted by Gasteiger charge is -2.26. The third-order valence-corrected chi connectivity index (χ3v) is 5.45. The lowest BCUT2D eigenvalue weighted by molar-refractivity contribution is -0.139. The van der Waals surface area contributed by atoms with Gasteiger partial charge < -0.3 is 39.3 Å². The molecule has 0 aliphatic carbocycles. The van der Waals surface area contributed by atoms with Crippen molar-refractivity contribution >= 4 is 24.4 Å². The van der Waals surface area contributed by atoms with Gasteiger partial charge in [0.25, 0.3) is 0 Å². The minimum Gasteiger partial charge on any atom is -0.480 e. The maximum atomic E-state index is 12.2. The van der Waals surface area contributed by atoms with Gasteiger partial charge in [-0.05, 0) is 56.7 Å². The van der Waals surface area contributed by atoms with Crippen LogP contribution in [0.5, 0.6) is 11.5 Å². The van der Waals surface area contributed by atoms with Crippen LogP contribution >= 0.6 is 0 Å². The fourth-order valence-electron chi connectivity index (χ4n) is 3.08. The van der Waals surface area contributed by atoms with Crippen molar-refractivity contribution in [2.24, 2.45) is 11.7 Å². The third-order valence-electron chi connectivity index (χ3n) is 5.45. The van der Waals surface area contributed by atoms with Gasteiger partial charge in [-0.1, -0.05) is 33.8 Å². The Bertz CT molecular complexity index is 934. The lowest BCUT2D eigenvalue weighted by atomic mass is 9.87. The van der Waals surface area contributed by atoms with E-state index >= 15 is 0 Å². The van der Waals surface area contributed by atoms with Crippen LogP contribution in [0.25, 0.3) is 0 Å². The monoisotopic (exact) mass is 541 g/mol. The molecule has 0 aliphatic heterocycles. The van der Waals surface area contributed by atoms with Crippen molar-refractivity contribution in [1.82, 2.24) is 0 Å². The molecule has 0 saturated carbocycles. The highest BCUT2D eigenvalue weighted by Crippen LogP contribution is 2.35. The van der Waals surface area contributed by atoms with E-state index in [1.165, 1.54) is 18.2 Å². The van der Waals surface area contributed by atoms with Crippen LogP contribution in [-0.2, 0) is 23.7 Å². The number of hydrogen-bond donors (Lipinski definition) is 2. The number of carboxylic acid groups (broad SMARTS) is 1. The van der Waals surface area contributed by atoms with Crippen LogP contribution in [0.4, 0.5) is 14.4 Å². The van der Waals surface area contributed by atoms with Crippen LogP contribution in [0.3, 0.4) is 0 Å². The summed E-state index contributed by atoms with van der Waals surface area (Å²) in [5, 5.41) is 9.61. The smallest absolute Gasteiger partial charge is 0.480 e. The third kappa shape index (κ3) is 11.2. The van der Waals surface area contributed by atoms with Gasteiger partial charge in [-0.25, -0.2) is 14.4 Å². The molecule has 0 bridgehead atoms. The molecule has 38 heavy (non-hydrogen) atoms. The Morgan fingerprint density at radius 3 is 1.89 bits per heavy atom. The van der Waals surface area contributed by atoms with Gasteiger partial charge in [0.05, 0.1) is 13.2 Å². The van der Waals surface area contributed by atoms with E-state index < -0.39 is 42.5 Å². The molecule has 0 aliphatic rings. The van der Waals surface area contributed by atoms with Crippen LogP contribution < -0.4 is 15.2 Å². The Balaban J connectivity index is 3.25. The number of carbonyl (C=O) groups is 4. The molecule has 4 atom stereocenters. The summed E-state index contributed by atoms with van der Waals surface area (Å²) in [6.45, 7) is 10.9. The zero-order chi connectivity index (χ0) is 28.8. The molecule has 0 heterocycles. The van der Waals surface area contributed by atoms with Gasteiger partial charge in [-0.3, -0.25) is 4.79 Å². The van der Waals surface area contributed by atoms with Gasteiger partial charge in [-0.15, -0.1) is 0 Å². The van der Waals surface area contributed by atoms with E-state index in [1.807, 2.05) is 20.8 Å². The van der Waals surface area contributed by atoms with E-state index in [0.717, 1.165) is 0 Å².